The number of rotatable bonds is 4. The van der Waals surface area contributed by atoms with Crippen LogP contribution in [0, 0.1) is 6.92 Å². The van der Waals surface area contributed by atoms with Crippen LogP contribution in [0.25, 0.3) is 22.0 Å². The highest BCUT2D eigenvalue weighted by atomic mass is 16.6. The Morgan fingerprint density at radius 3 is 2.71 bits per heavy atom. The van der Waals surface area contributed by atoms with Gasteiger partial charge in [-0.05, 0) is 70.7 Å². The highest BCUT2D eigenvalue weighted by molar-refractivity contribution is 5.88. The number of ether oxygens (including phenoxy) is 3. The molecule has 1 aromatic carbocycles. The average molecular weight is 478 g/mol. The van der Waals surface area contributed by atoms with E-state index >= 15 is 0 Å². The number of nitrogens with zero attached hydrogens (tertiary/aromatic N) is 3. The van der Waals surface area contributed by atoms with Crippen molar-refractivity contribution in [3.63, 3.8) is 0 Å². The summed E-state index contributed by atoms with van der Waals surface area (Å²) in [6, 6.07) is 8.31. The van der Waals surface area contributed by atoms with Gasteiger partial charge in [0.1, 0.15) is 18.8 Å². The van der Waals surface area contributed by atoms with Crippen molar-refractivity contribution in [1.29, 1.82) is 0 Å². The van der Waals surface area contributed by atoms with Crippen LogP contribution in [0.15, 0.2) is 30.5 Å². The fourth-order valence-corrected chi connectivity index (χ4v) is 4.59. The molecule has 184 valence electrons. The topological polar surface area (TPSA) is 107 Å². The lowest BCUT2D eigenvalue weighted by Crippen LogP contribution is -2.38. The lowest BCUT2D eigenvalue weighted by Gasteiger charge is -2.22. The first-order valence-corrected chi connectivity index (χ1v) is 12.0. The van der Waals surface area contributed by atoms with E-state index in [9.17, 15) is 4.79 Å². The Kier molecular flexibility index (Phi) is 6.08. The Morgan fingerprint density at radius 2 is 1.89 bits per heavy atom. The van der Waals surface area contributed by atoms with Crippen molar-refractivity contribution in [3.8, 4) is 22.8 Å². The Morgan fingerprint density at radius 1 is 1.09 bits per heavy atom. The Labute approximate surface area is 204 Å². The van der Waals surface area contributed by atoms with Gasteiger partial charge in [0.25, 0.3) is 5.88 Å². The molecule has 9 nitrogen and oxygen atoms in total. The number of alkyl carbamates (subject to hydrolysis) is 1. The number of pyridine rings is 1. The SMILES string of the molecule is Cc1nc(N[C@@H]2CC[C@H](NC(=O)OC(C)(C)C)C2)nc2ccc(-c3ccnc4c3OCCO4)cc12. The van der Waals surface area contributed by atoms with Crippen LogP contribution in [0.4, 0.5) is 10.7 Å². The number of aryl methyl sites for hydroxylation is 1. The van der Waals surface area contributed by atoms with Crippen LogP contribution in [0.3, 0.4) is 0 Å². The zero-order valence-corrected chi connectivity index (χ0v) is 20.6. The molecular formula is C26H31N5O4. The lowest BCUT2D eigenvalue weighted by molar-refractivity contribution is 0.0505. The summed E-state index contributed by atoms with van der Waals surface area (Å²) in [6.07, 6.45) is 3.97. The third-order valence-electron chi connectivity index (χ3n) is 6.12. The van der Waals surface area contributed by atoms with Gasteiger partial charge in [0.05, 0.1) is 11.2 Å². The molecule has 0 spiro atoms. The fraction of sp³-hybridized carbons (Fsp3) is 0.462. The van der Waals surface area contributed by atoms with Crippen LogP contribution in [-0.4, -0.2) is 51.9 Å². The number of benzene rings is 1. The predicted octanol–water partition coefficient (Wildman–Crippen LogP) is 4.63. The maximum Gasteiger partial charge on any atom is 0.407 e. The third kappa shape index (κ3) is 5.23. The molecule has 3 aromatic rings. The molecule has 0 unspecified atom stereocenters. The molecule has 35 heavy (non-hydrogen) atoms. The van der Waals surface area contributed by atoms with E-state index in [1.165, 1.54) is 0 Å². The molecule has 2 atom stereocenters. The molecule has 1 amide bonds. The summed E-state index contributed by atoms with van der Waals surface area (Å²) in [5.74, 6) is 1.80. The van der Waals surface area contributed by atoms with E-state index in [2.05, 4.69) is 21.7 Å². The molecule has 2 aromatic heterocycles. The molecule has 2 aliphatic rings. The molecular weight excluding hydrogens is 446 g/mol. The van der Waals surface area contributed by atoms with Gasteiger partial charge in [0, 0.05) is 29.2 Å². The first-order valence-electron chi connectivity index (χ1n) is 12.0. The number of fused-ring (bicyclic) bond motifs is 2. The van der Waals surface area contributed by atoms with Gasteiger partial charge in [0.2, 0.25) is 5.95 Å². The molecule has 1 saturated carbocycles. The monoisotopic (exact) mass is 477 g/mol. The fourth-order valence-electron chi connectivity index (χ4n) is 4.59. The number of amides is 1. The number of carbonyl (C=O) groups is 1. The van der Waals surface area contributed by atoms with Crippen LogP contribution in [0.2, 0.25) is 0 Å². The summed E-state index contributed by atoms with van der Waals surface area (Å²) >= 11 is 0. The van der Waals surface area contributed by atoms with Crippen molar-refractivity contribution in [2.24, 2.45) is 0 Å². The summed E-state index contributed by atoms with van der Waals surface area (Å²) in [4.78, 5) is 25.8. The molecule has 3 heterocycles. The van der Waals surface area contributed by atoms with Gasteiger partial charge in [-0.25, -0.2) is 19.7 Å². The van der Waals surface area contributed by atoms with Gasteiger partial charge < -0.3 is 24.8 Å². The van der Waals surface area contributed by atoms with Crippen molar-refractivity contribution < 1.29 is 19.0 Å². The van der Waals surface area contributed by atoms with Crippen LogP contribution < -0.4 is 20.1 Å². The predicted molar refractivity (Wildman–Crippen MR) is 133 cm³/mol. The second kappa shape index (κ2) is 9.20. The highest BCUT2D eigenvalue weighted by Crippen LogP contribution is 2.39. The lowest BCUT2D eigenvalue weighted by atomic mass is 10.0. The van der Waals surface area contributed by atoms with Crippen LogP contribution >= 0.6 is 0 Å². The first-order chi connectivity index (χ1) is 16.7. The van der Waals surface area contributed by atoms with E-state index in [1.807, 2.05) is 45.9 Å². The van der Waals surface area contributed by atoms with E-state index in [0.29, 0.717) is 30.8 Å². The van der Waals surface area contributed by atoms with E-state index in [4.69, 9.17) is 24.2 Å². The minimum absolute atomic E-state index is 0.0731. The summed E-state index contributed by atoms with van der Waals surface area (Å²) in [6.45, 7) is 8.58. The number of anilines is 1. The number of nitrogens with one attached hydrogen (secondary N) is 2. The average Bonchev–Trinajstić information content (AvgIpc) is 3.23. The van der Waals surface area contributed by atoms with Crippen molar-refractivity contribution in [1.82, 2.24) is 20.3 Å². The van der Waals surface area contributed by atoms with Crippen LogP contribution in [-0.2, 0) is 4.74 Å². The standard InChI is InChI=1S/C26H31N5O4/c1-15-20-13-16(19-9-10-27-23-22(19)33-11-12-34-23)5-8-21(20)31-24(28-15)29-17-6-7-18(14-17)30-25(32)35-26(2,3)4/h5,8-10,13,17-18H,6-7,11-12,14H2,1-4H3,(H,30,32)(H,28,29,31)/t17-,18+/m1/s1. The molecule has 1 fully saturated rings. The van der Waals surface area contributed by atoms with Gasteiger partial charge in [-0.3, -0.25) is 0 Å². The van der Waals surface area contributed by atoms with E-state index < -0.39 is 5.60 Å². The summed E-state index contributed by atoms with van der Waals surface area (Å²) in [7, 11) is 0. The van der Waals surface area contributed by atoms with Crippen LogP contribution in [0.5, 0.6) is 11.6 Å². The Balaban J connectivity index is 1.30. The van der Waals surface area contributed by atoms with Crippen molar-refractivity contribution in [2.45, 2.75) is 64.6 Å². The van der Waals surface area contributed by atoms with Gasteiger partial charge in [0.15, 0.2) is 5.75 Å². The van der Waals surface area contributed by atoms with Gasteiger partial charge in [-0.1, -0.05) is 6.07 Å². The minimum atomic E-state index is -0.506. The van der Waals surface area contributed by atoms with E-state index in [0.717, 1.165) is 47.0 Å². The minimum Gasteiger partial charge on any atom is -0.484 e. The molecule has 0 saturated heterocycles. The van der Waals surface area contributed by atoms with E-state index in [-0.39, 0.29) is 18.2 Å². The normalized spacial score (nSPS) is 19.4. The van der Waals surface area contributed by atoms with E-state index in [1.54, 1.807) is 6.20 Å². The Hall–Kier alpha value is -3.62. The molecule has 1 aliphatic heterocycles. The molecule has 9 heteroatoms. The number of carbonyl (C=O) groups excluding carboxylic acids is 1. The van der Waals surface area contributed by atoms with Gasteiger partial charge >= 0.3 is 6.09 Å². The molecule has 0 bridgehead atoms. The van der Waals surface area contributed by atoms with Crippen molar-refractivity contribution in [3.05, 3.63) is 36.2 Å². The third-order valence-corrected chi connectivity index (χ3v) is 6.12. The molecule has 2 N–H and O–H groups in total. The maximum atomic E-state index is 12.1. The second-order valence-electron chi connectivity index (χ2n) is 10.1. The Bertz CT molecular complexity index is 1260. The number of hydrogen-bond acceptors (Lipinski definition) is 8. The van der Waals surface area contributed by atoms with Crippen molar-refractivity contribution >= 4 is 22.9 Å². The summed E-state index contributed by atoms with van der Waals surface area (Å²) < 4.78 is 16.8. The van der Waals surface area contributed by atoms with Gasteiger partial charge in [-0.2, -0.15) is 0 Å². The molecule has 0 radical (unpaired) electrons. The molecule has 1 aliphatic carbocycles. The zero-order chi connectivity index (χ0) is 24.6. The summed E-state index contributed by atoms with van der Waals surface area (Å²) in [5.41, 5.74) is 3.19. The van der Waals surface area contributed by atoms with Crippen LogP contribution in [0.1, 0.15) is 45.7 Å². The first kappa shape index (κ1) is 23.1. The van der Waals surface area contributed by atoms with Gasteiger partial charge in [-0.15, -0.1) is 0 Å². The number of aromatic nitrogens is 3. The largest absolute Gasteiger partial charge is 0.484 e. The molecule has 5 rings (SSSR count). The second-order valence-corrected chi connectivity index (χ2v) is 10.1. The summed E-state index contributed by atoms with van der Waals surface area (Å²) in [5, 5.41) is 7.40. The number of hydrogen-bond donors (Lipinski definition) is 2. The maximum absolute atomic E-state index is 12.1. The zero-order valence-electron chi connectivity index (χ0n) is 20.6. The van der Waals surface area contributed by atoms with Crippen molar-refractivity contribution in [2.75, 3.05) is 18.5 Å². The quantitative estimate of drug-likeness (QED) is 0.560. The highest BCUT2D eigenvalue weighted by Gasteiger charge is 2.28. The smallest absolute Gasteiger partial charge is 0.407 e.